The highest BCUT2D eigenvalue weighted by Crippen LogP contribution is 2.82. The highest BCUT2D eigenvalue weighted by Gasteiger charge is 2.79. The molecule has 0 saturated heterocycles. The molecule has 2 N–H and O–H groups in total. The van der Waals surface area contributed by atoms with Gasteiger partial charge in [0.05, 0.1) is 17.1 Å². The van der Waals surface area contributed by atoms with Gasteiger partial charge in [0.25, 0.3) is 0 Å². The number of fused-ring (bicyclic) bond motifs is 1. The van der Waals surface area contributed by atoms with Crippen molar-refractivity contribution in [3.05, 3.63) is 46.8 Å². The Kier molecular flexibility index (Phi) is 2.27. The summed E-state index contributed by atoms with van der Waals surface area (Å²) in [6.07, 6.45) is 10.3. The quantitative estimate of drug-likeness (QED) is 0.773. The number of aromatic nitrogens is 1. The minimum Gasteiger partial charge on any atom is -0.667 e. The number of aliphatic hydroxyl groups is 1. The van der Waals surface area contributed by atoms with Gasteiger partial charge in [-0.3, -0.25) is 0 Å². The van der Waals surface area contributed by atoms with Crippen LogP contribution in [0.15, 0.2) is 35.6 Å². The van der Waals surface area contributed by atoms with Gasteiger partial charge in [-0.25, -0.2) is 4.79 Å². The summed E-state index contributed by atoms with van der Waals surface area (Å²) in [5.74, 6) is -0.0159. The van der Waals surface area contributed by atoms with Gasteiger partial charge >= 0.3 is 5.97 Å². The average molecular weight is 336 g/mol. The van der Waals surface area contributed by atoms with Crippen molar-refractivity contribution in [2.45, 2.75) is 50.5 Å². The zero-order valence-electron chi connectivity index (χ0n) is 14.3. The number of aliphatic hydroxyl groups excluding tert-OH is 1. The van der Waals surface area contributed by atoms with Crippen LogP contribution in [0, 0.1) is 22.7 Å². The molecule has 6 atom stereocenters. The molecule has 0 aromatic carbocycles. The molecule has 2 fully saturated rings. The maximum absolute atomic E-state index is 12.2. The van der Waals surface area contributed by atoms with Gasteiger partial charge in [0.1, 0.15) is 0 Å². The Morgan fingerprint density at radius 2 is 2.12 bits per heavy atom. The highest BCUT2D eigenvalue weighted by atomic mass is 16.4. The van der Waals surface area contributed by atoms with Crippen molar-refractivity contribution in [1.82, 2.24) is 4.98 Å². The third kappa shape index (κ3) is 1.14. The predicted molar refractivity (Wildman–Crippen MR) is 90.9 cm³/mol. The molecule has 25 heavy (non-hydrogen) atoms. The minimum atomic E-state index is -0.972. The van der Waals surface area contributed by atoms with Crippen molar-refractivity contribution in [1.29, 1.82) is 0 Å². The molecule has 6 rings (SSSR count). The zero-order valence-corrected chi connectivity index (χ0v) is 14.3. The third-order valence-corrected chi connectivity index (χ3v) is 8.68. The van der Waals surface area contributed by atoms with Gasteiger partial charge in [0.15, 0.2) is 0 Å². The van der Waals surface area contributed by atoms with Crippen LogP contribution in [0.5, 0.6) is 0 Å². The van der Waals surface area contributed by atoms with Gasteiger partial charge < -0.3 is 15.2 Å². The van der Waals surface area contributed by atoms with Gasteiger partial charge in [0.2, 0.25) is 0 Å². The Bertz CT molecular complexity index is 895. The van der Waals surface area contributed by atoms with E-state index in [1.807, 2.05) is 12.3 Å². The monoisotopic (exact) mass is 336 g/mol. The molecule has 5 aliphatic rings. The van der Waals surface area contributed by atoms with Crippen LogP contribution in [0.25, 0.3) is 0 Å². The summed E-state index contributed by atoms with van der Waals surface area (Å²) in [6.45, 7) is 2.36. The number of nitrogens with zero attached hydrogens (tertiary/aromatic N) is 1. The van der Waals surface area contributed by atoms with Crippen LogP contribution in [-0.2, 0) is 16.6 Å². The van der Waals surface area contributed by atoms with E-state index in [-0.39, 0.29) is 10.8 Å². The molecule has 1 heterocycles. The Labute approximate surface area is 146 Å². The van der Waals surface area contributed by atoms with E-state index in [2.05, 4.69) is 24.1 Å². The van der Waals surface area contributed by atoms with Gasteiger partial charge in [0, 0.05) is 5.41 Å². The summed E-state index contributed by atoms with van der Waals surface area (Å²) < 4.78 is 0. The van der Waals surface area contributed by atoms with E-state index in [0.717, 1.165) is 48.9 Å². The normalized spacial score (nSPS) is 48.5. The van der Waals surface area contributed by atoms with E-state index in [1.165, 1.54) is 0 Å². The molecule has 6 unspecified atom stereocenters. The van der Waals surface area contributed by atoms with Crippen LogP contribution in [0.3, 0.4) is 0 Å². The molecule has 1 aromatic heterocycles. The topological polar surface area (TPSA) is 71.6 Å². The first-order chi connectivity index (χ1) is 12.0. The standard InChI is InChI=1S/C21H22NO3/c1-19-10-15-13(6-8-22-15)20-7-2-3-11-4-5-12(19)9-14(21(11,19)20)16(17(20)23)18(24)25/h2,6-8,11-12,17,23H,3-5,9-10H2,1H3,(H,24,25)/q-1. The van der Waals surface area contributed by atoms with Crippen molar-refractivity contribution in [2.24, 2.45) is 22.7 Å². The molecule has 5 aliphatic carbocycles. The SMILES string of the molecule is CC12Cc3[n-]ccc3C34C=CCC5CCC1CC(=C(C(=O)O)C3O)C524. The first kappa shape index (κ1) is 14.4. The van der Waals surface area contributed by atoms with E-state index in [4.69, 9.17) is 0 Å². The van der Waals surface area contributed by atoms with Gasteiger partial charge in [-0.05, 0) is 54.9 Å². The second-order valence-electron chi connectivity index (χ2n) is 8.99. The van der Waals surface area contributed by atoms with Crippen LogP contribution in [0.2, 0.25) is 0 Å². The molecule has 4 heteroatoms. The van der Waals surface area contributed by atoms with E-state index in [9.17, 15) is 15.0 Å². The second-order valence-corrected chi connectivity index (χ2v) is 8.99. The number of hydrogen-bond acceptors (Lipinski definition) is 2. The lowest BCUT2D eigenvalue weighted by Crippen LogP contribution is -2.65. The first-order valence-corrected chi connectivity index (χ1v) is 9.42. The Morgan fingerprint density at radius 1 is 1.32 bits per heavy atom. The lowest BCUT2D eigenvalue weighted by atomic mass is 9.37. The van der Waals surface area contributed by atoms with Crippen molar-refractivity contribution >= 4 is 5.97 Å². The van der Waals surface area contributed by atoms with Gasteiger partial charge in [-0.1, -0.05) is 30.7 Å². The number of hydrogen-bond donors (Lipinski definition) is 2. The molecule has 1 spiro atoms. The van der Waals surface area contributed by atoms with Crippen LogP contribution >= 0.6 is 0 Å². The molecule has 2 bridgehead atoms. The summed E-state index contributed by atoms with van der Waals surface area (Å²) in [6, 6.07) is 2.03. The molecule has 1 aromatic rings. The lowest BCUT2D eigenvalue weighted by Gasteiger charge is -2.66. The van der Waals surface area contributed by atoms with Crippen molar-refractivity contribution in [3.63, 3.8) is 0 Å². The summed E-state index contributed by atoms with van der Waals surface area (Å²) in [5.41, 5.74) is 2.63. The molecule has 0 aliphatic heterocycles. The lowest BCUT2D eigenvalue weighted by molar-refractivity contribution is -0.135. The number of aliphatic carboxylic acids is 1. The van der Waals surface area contributed by atoms with Crippen molar-refractivity contribution in [2.75, 3.05) is 0 Å². The maximum atomic E-state index is 12.2. The fourth-order valence-corrected chi connectivity index (χ4v) is 8.19. The largest absolute Gasteiger partial charge is 0.667 e. The van der Waals surface area contributed by atoms with Crippen LogP contribution in [0.4, 0.5) is 0 Å². The molecule has 0 amide bonds. The number of allylic oxidation sites excluding steroid dienone is 2. The first-order valence-electron chi connectivity index (χ1n) is 9.42. The summed E-state index contributed by atoms with van der Waals surface area (Å²) in [5, 5.41) is 21.5. The number of carboxylic acid groups (broad SMARTS) is 1. The molecule has 130 valence electrons. The van der Waals surface area contributed by atoms with Crippen molar-refractivity contribution in [3.8, 4) is 0 Å². The summed E-state index contributed by atoms with van der Waals surface area (Å²) in [4.78, 5) is 16.8. The third-order valence-electron chi connectivity index (χ3n) is 8.68. The fraction of sp³-hybridized carbons (Fsp3) is 0.571. The number of rotatable bonds is 1. The van der Waals surface area contributed by atoms with Gasteiger partial charge in [-0.15, -0.1) is 0 Å². The highest BCUT2D eigenvalue weighted by molar-refractivity contribution is 5.92. The maximum Gasteiger partial charge on any atom is 0.334 e. The van der Waals surface area contributed by atoms with Gasteiger partial charge in [-0.2, -0.15) is 11.9 Å². The Hall–Kier alpha value is -1.81. The second kappa shape index (κ2) is 3.96. The molecular weight excluding hydrogens is 314 g/mol. The Morgan fingerprint density at radius 3 is 2.92 bits per heavy atom. The van der Waals surface area contributed by atoms with E-state index in [1.54, 1.807) is 0 Å². The number of carboxylic acids is 1. The Balaban J connectivity index is 1.82. The average Bonchev–Trinajstić information content (AvgIpc) is 3.13. The smallest absolute Gasteiger partial charge is 0.334 e. The number of carbonyl (C=O) groups is 1. The van der Waals surface area contributed by atoms with E-state index < -0.39 is 17.5 Å². The minimum absolute atomic E-state index is 0.0114. The molecule has 4 nitrogen and oxygen atoms in total. The summed E-state index contributed by atoms with van der Waals surface area (Å²) in [7, 11) is 0. The van der Waals surface area contributed by atoms with E-state index >= 15 is 0 Å². The van der Waals surface area contributed by atoms with E-state index in [0.29, 0.717) is 17.4 Å². The zero-order chi connectivity index (χ0) is 17.2. The van der Waals surface area contributed by atoms with Crippen LogP contribution in [0.1, 0.15) is 43.9 Å². The summed E-state index contributed by atoms with van der Waals surface area (Å²) >= 11 is 0. The van der Waals surface area contributed by atoms with Crippen molar-refractivity contribution < 1.29 is 15.0 Å². The molecule has 2 saturated carbocycles. The molecule has 0 radical (unpaired) electrons. The molecular formula is C21H22NO3-. The van der Waals surface area contributed by atoms with Crippen LogP contribution in [-0.4, -0.2) is 22.3 Å². The predicted octanol–water partition coefficient (Wildman–Crippen LogP) is 2.58. The van der Waals surface area contributed by atoms with Crippen LogP contribution < -0.4 is 4.98 Å². The fourth-order valence-electron chi connectivity index (χ4n) is 8.19.